The standard InChI is InChI=1S/C10H16O.2C2H6/c1-5-10(7-9(3)4)8-11-6-2;2*1-2/h5,7H,1,3,6,8H2,2,4H3;2*1-2H3/b10-7+;;. The van der Waals surface area contributed by atoms with Crippen LogP contribution in [0.15, 0.2) is 36.5 Å². The van der Waals surface area contributed by atoms with Crippen LogP contribution in [0.25, 0.3) is 0 Å². The zero-order valence-electron chi connectivity index (χ0n) is 11.4. The van der Waals surface area contributed by atoms with Crippen LogP contribution in [-0.2, 0) is 4.74 Å². The van der Waals surface area contributed by atoms with Gasteiger partial charge in [0, 0.05) is 6.61 Å². The fraction of sp³-hybridized carbons (Fsp3) is 0.571. The zero-order valence-corrected chi connectivity index (χ0v) is 11.4. The molecule has 0 aliphatic carbocycles. The molecule has 90 valence electrons. The van der Waals surface area contributed by atoms with Gasteiger partial charge in [0.25, 0.3) is 0 Å². The monoisotopic (exact) mass is 212 g/mol. The van der Waals surface area contributed by atoms with Crippen molar-refractivity contribution >= 4 is 0 Å². The second-order valence-electron chi connectivity index (χ2n) is 2.41. The van der Waals surface area contributed by atoms with Gasteiger partial charge in [-0.25, -0.2) is 0 Å². The van der Waals surface area contributed by atoms with Crippen LogP contribution in [-0.4, -0.2) is 13.2 Å². The highest BCUT2D eigenvalue weighted by Gasteiger charge is 1.89. The highest BCUT2D eigenvalue weighted by atomic mass is 16.5. The lowest BCUT2D eigenvalue weighted by atomic mass is 10.2. The van der Waals surface area contributed by atoms with E-state index >= 15 is 0 Å². The first-order valence-electron chi connectivity index (χ1n) is 5.77. The number of hydrogen-bond acceptors (Lipinski definition) is 1. The van der Waals surface area contributed by atoms with Gasteiger partial charge in [-0.15, -0.1) is 0 Å². The van der Waals surface area contributed by atoms with Crippen LogP contribution in [0.5, 0.6) is 0 Å². The summed E-state index contributed by atoms with van der Waals surface area (Å²) in [4.78, 5) is 0. The van der Waals surface area contributed by atoms with E-state index in [1.807, 2.05) is 47.6 Å². The molecule has 0 rings (SSSR count). The van der Waals surface area contributed by atoms with Gasteiger partial charge in [-0.3, -0.25) is 0 Å². The molecule has 0 aromatic carbocycles. The molecule has 0 aromatic heterocycles. The van der Waals surface area contributed by atoms with Crippen LogP contribution in [0, 0.1) is 0 Å². The van der Waals surface area contributed by atoms with Crippen LogP contribution in [0.3, 0.4) is 0 Å². The van der Waals surface area contributed by atoms with E-state index in [1.54, 1.807) is 6.08 Å². The SMILES string of the molecule is C=C/C(=C\C(=C)C)COCC.CC.CC. The summed E-state index contributed by atoms with van der Waals surface area (Å²) < 4.78 is 5.21. The Labute approximate surface area is 96.5 Å². The van der Waals surface area contributed by atoms with Gasteiger partial charge in [-0.1, -0.05) is 58.6 Å². The molecule has 0 amide bonds. The topological polar surface area (TPSA) is 9.23 Å². The van der Waals surface area contributed by atoms with Gasteiger partial charge in [-0.05, 0) is 19.4 Å². The molecule has 0 aliphatic heterocycles. The minimum absolute atomic E-state index is 0.632. The summed E-state index contributed by atoms with van der Waals surface area (Å²) in [6.07, 6.45) is 3.77. The molecule has 0 aromatic rings. The van der Waals surface area contributed by atoms with Gasteiger partial charge in [0.1, 0.15) is 0 Å². The van der Waals surface area contributed by atoms with E-state index in [0.29, 0.717) is 6.61 Å². The molecule has 0 spiro atoms. The predicted molar refractivity (Wildman–Crippen MR) is 72.3 cm³/mol. The van der Waals surface area contributed by atoms with Crippen molar-refractivity contribution in [3.63, 3.8) is 0 Å². The Bertz CT molecular complexity index is 166. The fourth-order valence-corrected chi connectivity index (χ4v) is 0.696. The van der Waals surface area contributed by atoms with E-state index in [-0.39, 0.29) is 0 Å². The molecule has 0 N–H and O–H groups in total. The minimum atomic E-state index is 0.632. The minimum Gasteiger partial charge on any atom is -0.377 e. The Morgan fingerprint density at radius 3 is 1.93 bits per heavy atom. The average molecular weight is 212 g/mol. The molecule has 0 radical (unpaired) electrons. The molecule has 0 fully saturated rings. The first kappa shape index (κ1) is 19.7. The van der Waals surface area contributed by atoms with Crippen molar-refractivity contribution in [2.75, 3.05) is 13.2 Å². The lowest BCUT2D eigenvalue weighted by Crippen LogP contribution is -1.95. The van der Waals surface area contributed by atoms with Crippen LogP contribution >= 0.6 is 0 Å². The summed E-state index contributed by atoms with van der Waals surface area (Å²) in [6.45, 7) is 20.7. The normalized spacial score (nSPS) is 9.07. The summed E-state index contributed by atoms with van der Waals surface area (Å²) in [5.41, 5.74) is 2.11. The van der Waals surface area contributed by atoms with E-state index in [2.05, 4.69) is 13.2 Å². The molecule has 0 heterocycles. The number of ether oxygens (including phenoxy) is 1. The molecule has 15 heavy (non-hydrogen) atoms. The summed E-state index contributed by atoms with van der Waals surface area (Å²) in [5.74, 6) is 0. The highest BCUT2D eigenvalue weighted by Crippen LogP contribution is 2.01. The number of allylic oxidation sites excluding steroid dienone is 2. The quantitative estimate of drug-likeness (QED) is 0.597. The maximum atomic E-state index is 5.21. The number of hydrogen-bond donors (Lipinski definition) is 0. The Morgan fingerprint density at radius 2 is 1.67 bits per heavy atom. The van der Waals surface area contributed by atoms with Gasteiger partial charge in [0.05, 0.1) is 6.61 Å². The van der Waals surface area contributed by atoms with Crippen LogP contribution in [0.2, 0.25) is 0 Å². The maximum absolute atomic E-state index is 5.21. The summed E-state index contributed by atoms with van der Waals surface area (Å²) in [6, 6.07) is 0. The predicted octanol–water partition coefficient (Wildman–Crippen LogP) is 4.76. The summed E-state index contributed by atoms with van der Waals surface area (Å²) >= 11 is 0. The average Bonchev–Trinajstić information content (AvgIpc) is 2.29. The van der Waals surface area contributed by atoms with Crippen molar-refractivity contribution in [1.82, 2.24) is 0 Å². The second kappa shape index (κ2) is 18.9. The van der Waals surface area contributed by atoms with E-state index in [4.69, 9.17) is 4.74 Å². The van der Waals surface area contributed by atoms with Gasteiger partial charge >= 0.3 is 0 Å². The van der Waals surface area contributed by atoms with Crippen LogP contribution < -0.4 is 0 Å². The van der Waals surface area contributed by atoms with Gasteiger partial charge in [0.15, 0.2) is 0 Å². The molecule has 0 unspecified atom stereocenters. The van der Waals surface area contributed by atoms with Crippen molar-refractivity contribution in [3.8, 4) is 0 Å². The molecule has 0 saturated carbocycles. The fourth-order valence-electron chi connectivity index (χ4n) is 0.696. The van der Waals surface area contributed by atoms with E-state index in [0.717, 1.165) is 17.8 Å². The lowest BCUT2D eigenvalue weighted by molar-refractivity contribution is 0.173. The molecule has 1 nitrogen and oxygen atoms in total. The van der Waals surface area contributed by atoms with Crippen molar-refractivity contribution in [3.05, 3.63) is 36.5 Å². The molecule has 0 aliphatic rings. The van der Waals surface area contributed by atoms with E-state index in [9.17, 15) is 0 Å². The first-order chi connectivity index (χ1) is 7.20. The molecule has 0 bridgehead atoms. The van der Waals surface area contributed by atoms with Gasteiger partial charge in [0.2, 0.25) is 0 Å². The van der Waals surface area contributed by atoms with Crippen molar-refractivity contribution in [2.45, 2.75) is 41.5 Å². The third-order valence-electron chi connectivity index (χ3n) is 1.17. The van der Waals surface area contributed by atoms with E-state index < -0.39 is 0 Å². The Kier molecular flexibility index (Phi) is 24.8. The smallest absolute Gasteiger partial charge is 0.0716 e. The molecule has 1 heteroatoms. The Balaban J connectivity index is -0.000000318. The molecule has 0 saturated heterocycles. The zero-order chi connectivity index (χ0) is 12.7. The maximum Gasteiger partial charge on any atom is 0.0716 e. The summed E-state index contributed by atoms with van der Waals surface area (Å²) in [7, 11) is 0. The van der Waals surface area contributed by atoms with E-state index in [1.165, 1.54) is 0 Å². The highest BCUT2D eigenvalue weighted by molar-refractivity contribution is 5.26. The third-order valence-corrected chi connectivity index (χ3v) is 1.17. The third kappa shape index (κ3) is 19.5. The Morgan fingerprint density at radius 1 is 1.20 bits per heavy atom. The largest absolute Gasteiger partial charge is 0.377 e. The summed E-state index contributed by atoms with van der Waals surface area (Å²) in [5, 5.41) is 0. The molecule has 0 atom stereocenters. The second-order valence-corrected chi connectivity index (χ2v) is 2.41. The molecular weight excluding hydrogens is 184 g/mol. The van der Waals surface area contributed by atoms with Crippen LogP contribution in [0.4, 0.5) is 0 Å². The van der Waals surface area contributed by atoms with Crippen molar-refractivity contribution in [2.24, 2.45) is 0 Å². The van der Waals surface area contributed by atoms with Gasteiger partial charge < -0.3 is 4.74 Å². The van der Waals surface area contributed by atoms with Gasteiger partial charge in [-0.2, -0.15) is 0 Å². The van der Waals surface area contributed by atoms with Crippen LogP contribution in [0.1, 0.15) is 41.5 Å². The molecular formula is C14H28O. The van der Waals surface area contributed by atoms with Crippen molar-refractivity contribution < 1.29 is 4.74 Å². The Hall–Kier alpha value is -0.820. The van der Waals surface area contributed by atoms with Crippen molar-refractivity contribution in [1.29, 1.82) is 0 Å². The number of rotatable bonds is 5. The first-order valence-corrected chi connectivity index (χ1v) is 5.77. The lowest BCUT2D eigenvalue weighted by Gasteiger charge is -2.01.